The third-order valence-electron chi connectivity index (χ3n) is 2.84. The van der Waals surface area contributed by atoms with Crippen molar-refractivity contribution in [3.63, 3.8) is 0 Å². The summed E-state index contributed by atoms with van der Waals surface area (Å²) in [4.78, 5) is 11.7. The number of benzene rings is 2. The highest BCUT2D eigenvalue weighted by atomic mass is 79.9. The fourth-order valence-corrected chi connectivity index (χ4v) is 2.38. The van der Waals surface area contributed by atoms with E-state index in [1.165, 1.54) is 13.3 Å². The normalized spacial score (nSPS) is 10.6. The van der Waals surface area contributed by atoms with E-state index in [0.29, 0.717) is 26.6 Å². The van der Waals surface area contributed by atoms with Crippen LogP contribution in [0.5, 0.6) is 17.2 Å². The number of nitrogens with zero attached hydrogens (tertiary/aromatic N) is 1. The molecular formula is C16H14BrClN2O4. The van der Waals surface area contributed by atoms with Crippen molar-refractivity contribution in [2.45, 2.75) is 0 Å². The summed E-state index contributed by atoms with van der Waals surface area (Å²) < 4.78 is 10.8. The van der Waals surface area contributed by atoms with Gasteiger partial charge in [-0.15, -0.1) is 0 Å². The van der Waals surface area contributed by atoms with Gasteiger partial charge in [0, 0.05) is 5.02 Å². The number of carbonyl (C=O) groups is 1. The standard InChI is InChI=1S/C16H14BrClN2O4/c1-23-14-6-10(5-13(17)16(14)22)8-19-20-15(21)9-24-12-4-2-3-11(18)7-12/h2-8,22H,9H2,1H3,(H,20,21)/b19-8+. The number of hydrazone groups is 1. The van der Waals surface area contributed by atoms with Crippen LogP contribution in [0.3, 0.4) is 0 Å². The van der Waals surface area contributed by atoms with Crippen LogP contribution in [0.4, 0.5) is 0 Å². The average molecular weight is 414 g/mol. The summed E-state index contributed by atoms with van der Waals surface area (Å²) in [5.41, 5.74) is 2.97. The van der Waals surface area contributed by atoms with E-state index < -0.39 is 5.91 Å². The summed E-state index contributed by atoms with van der Waals surface area (Å²) in [6.45, 7) is -0.194. The van der Waals surface area contributed by atoms with Gasteiger partial charge < -0.3 is 14.6 Å². The summed E-state index contributed by atoms with van der Waals surface area (Å²) in [5, 5.41) is 14.1. The van der Waals surface area contributed by atoms with Crippen LogP contribution in [0.15, 0.2) is 46.0 Å². The maximum absolute atomic E-state index is 11.7. The van der Waals surface area contributed by atoms with Gasteiger partial charge in [-0.2, -0.15) is 5.10 Å². The molecule has 0 aliphatic heterocycles. The molecule has 0 aromatic heterocycles. The summed E-state index contributed by atoms with van der Waals surface area (Å²) in [6.07, 6.45) is 1.42. The van der Waals surface area contributed by atoms with Crippen LogP contribution >= 0.6 is 27.5 Å². The number of amides is 1. The van der Waals surface area contributed by atoms with Crippen LogP contribution < -0.4 is 14.9 Å². The Hall–Kier alpha value is -2.25. The van der Waals surface area contributed by atoms with Crippen molar-refractivity contribution in [3.8, 4) is 17.2 Å². The Morgan fingerprint density at radius 1 is 1.42 bits per heavy atom. The number of ether oxygens (including phenoxy) is 2. The highest BCUT2D eigenvalue weighted by molar-refractivity contribution is 9.10. The predicted octanol–water partition coefficient (Wildman–Crippen LogP) is 3.35. The summed E-state index contributed by atoms with van der Waals surface area (Å²) in [5.74, 6) is 0.361. The highest BCUT2D eigenvalue weighted by Crippen LogP contribution is 2.34. The lowest BCUT2D eigenvalue weighted by atomic mass is 10.2. The zero-order valence-corrected chi connectivity index (χ0v) is 15.0. The number of hydrogen-bond acceptors (Lipinski definition) is 5. The first-order valence-electron chi connectivity index (χ1n) is 6.76. The quantitative estimate of drug-likeness (QED) is 0.562. The van der Waals surface area contributed by atoms with Crippen molar-refractivity contribution >= 4 is 39.7 Å². The van der Waals surface area contributed by atoms with Gasteiger partial charge in [0.15, 0.2) is 18.1 Å². The Morgan fingerprint density at radius 3 is 2.92 bits per heavy atom. The summed E-state index contributed by atoms with van der Waals surface area (Å²) in [7, 11) is 1.44. The molecule has 2 rings (SSSR count). The van der Waals surface area contributed by atoms with Gasteiger partial charge >= 0.3 is 0 Å². The molecule has 0 heterocycles. The molecule has 8 heteroatoms. The van der Waals surface area contributed by atoms with Crippen LogP contribution in [0, 0.1) is 0 Å². The van der Waals surface area contributed by atoms with Gasteiger partial charge in [0.25, 0.3) is 5.91 Å². The lowest BCUT2D eigenvalue weighted by Crippen LogP contribution is -2.24. The van der Waals surface area contributed by atoms with Gasteiger partial charge in [-0.1, -0.05) is 17.7 Å². The van der Waals surface area contributed by atoms with E-state index in [1.54, 1.807) is 36.4 Å². The maximum atomic E-state index is 11.7. The second-order valence-corrected chi connectivity index (χ2v) is 5.88. The third kappa shape index (κ3) is 5.14. The SMILES string of the molecule is COc1cc(/C=N/NC(=O)COc2cccc(Cl)c2)cc(Br)c1O. The molecular weight excluding hydrogens is 400 g/mol. The van der Waals surface area contributed by atoms with Gasteiger partial charge in [0.2, 0.25) is 0 Å². The monoisotopic (exact) mass is 412 g/mol. The fraction of sp³-hybridized carbons (Fsp3) is 0.125. The lowest BCUT2D eigenvalue weighted by Gasteiger charge is -2.06. The van der Waals surface area contributed by atoms with Crippen LogP contribution in [0.2, 0.25) is 5.02 Å². The van der Waals surface area contributed by atoms with E-state index in [4.69, 9.17) is 21.1 Å². The first-order chi connectivity index (χ1) is 11.5. The number of phenols is 1. The van der Waals surface area contributed by atoms with Crippen molar-refractivity contribution in [1.29, 1.82) is 0 Å². The predicted molar refractivity (Wildman–Crippen MR) is 95.0 cm³/mol. The molecule has 2 aromatic rings. The lowest BCUT2D eigenvalue weighted by molar-refractivity contribution is -0.123. The van der Waals surface area contributed by atoms with Crippen molar-refractivity contribution in [1.82, 2.24) is 5.43 Å². The first-order valence-corrected chi connectivity index (χ1v) is 7.93. The molecule has 1 amide bonds. The molecule has 0 spiro atoms. The first kappa shape index (κ1) is 18.1. The average Bonchev–Trinajstić information content (AvgIpc) is 2.56. The molecule has 0 aliphatic carbocycles. The van der Waals surface area contributed by atoms with Crippen LogP contribution in [-0.4, -0.2) is 30.9 Å². The van der Waals surface area contributed by atoms with E-state index in [-0.39, 0.29) is 12.4 Å². The molecule has 126 valence electrons. The maximum Gasteiger partial charge on any atom is 0.277 e. The Morgan fingerprint density at radius 2 is 2.21 bits per heavy atom. The zero-order valence-electron chi connectivity index (χ0n) is 12.6. The van der Waals surface area contributed by atoms with E-state index in [0.717, 1.165) is 0 Å². The second kappa shape index (κ2) is 8.56. The van der Waals surface area contributed by atoms with Crippen LogP contribution in [0.25, 0.3) is 0 Å². The van der Waals surface area contributed by atoms with Gasteiger partial charge in [0.05, 0.1) is 17.8 Å². The number of hydrogen-bond donors (Lipinski definition) is 2. The molecule has 0 saturated carbocycles. The van der Waals surface area contributed by atoms with Crippen molar-refractivity contribution in [3.05, 3.63) is 51.5 Å². The third-order valence-corrected chi connectivity index (χ3v) is 3.68. The number of rotatable bonds is 6. The van der Waals surface area contributed by atoms with Gasteiger partial charge in [-0.05, 0) is 51.8 Å². The van der Waals surface area contributed by atoms with Gasteiger partial charge in [0.1, 0.15) is 5.75 Å². The van der Waals surface area contributed by atoms with E-state index >= 15 is 0 Å². The Kier molecular flexibility index (Phi) is 6.45. The Balaban J connectivity index is 1.89. The molecule has 0 bridgehead atoms. The fourth-order valence-electron chi connectivity index (χ4n) is 1.74. The molecule has 24 heavy (non-hydrogen) atoms. The molecule has 0 fully saturated rings. The second-order valence-electron chi connectivity index (χ2n) is 4.59. The van der Waals surface area contributed by atoms with Crippen molar-refractivity contribution < 1.29 is 19.4 Å². The molecule has 0 aliphatic rings. The smallest absolute Gasteiger partial charge is 0.277 e. The number of aromatic hydroxyl groups is 1. The van der Waals surface area contributed by atoms with E-state index in [9.17, 15) is 9.90 Å². The number of phenolic OH excluding ortho intramolecular Hbond substituents is 1. The van der Waals surface area contributed by atoms with E-state index in [1.807, 2.05) is 0 Å². The molecule has 6 nitrogen and oxygen atoms in total. The Labute approximate surface area is 152 Å². The molecule has 0 atom stereocenters. The van der Waals surface area contributed by atoms with Gasteiger partial charge in [-0.3, -0.25) is 4.79 Å². The zero-order chi connectivity index (χ0) is 17.5. The van der Waals surface area contributed by atoms with E-state index in [2.05, 4.69) is 26.5 Å². The largest absolute Gasteiger partial charge is 0.503 e. The number of nitrogens with one attached hydrogen (secondary N) is 1. The van der Waals surface area contributed by atoms with Crippen molar-refractivity contribution in [2.24, 2.45) is 5.10 Å². The van der Waals surface area contributed by atoms with Gasteiger partial charge in [-0.25, -0.2) is 5.43 Å². The number of carbonyl (C=O) groups excluding carboxylic acids is 1. The molecule has 0 saturated heterocycles. The highest BCUT2D eigenvalue weighted by Gasteiger charge is 2.07. The summed E-state index contributed by atoms with van der Waals surface area (Å²) in [6, 6.07) is 9.96. The van der Waals surface area contributed by atoms with Crippen LogP contribution in [-0.2, 0) is 4.79 Å². The molecule has 0 radical (unpaired) electrons. The summed E-state index contributed by atoms with van der Waals surface area (Å²) >= 11 is 9.03. The molecule has 0 unspecified atom stereocenters. The molecule has 2 aromatic carbocycles. The number of halogens is 2. The van der Waals surface area contributed by atoms with Crippen molar-refractivity contribution in [2.75, 3.05) is 13.7 Å². The topological polar surface area (TPSA) is 80.2 Å². The minimum absolute atomic E-state index is 0.00592. The van der Waals surface area contributed by atoms with Crippen LogP contribution in [0.1, 0.15) is 5.56 Å². The minimum Gasteiger partial charge on any atom is -0.503 e. The molecule has 2 N–H and O–H groups in total. The number of methoxy groups -OCH3 is 1. The minimum atomic E-state index is -0.420. The Bertz CT molecular complexity index is 768.